The fraction of sp³-hybridized carbons (Fsp3) is 0.217. The van der Waals surface area contributed by atoms with Crippen LogP contribution in [0.5, 0.6) is 0 Å². The van der Waals surface area contributed by atoms with Gasteiger partial charge in [-0.05, 0) is 29.2 Å². The smallest absolute Gasteiger partial charge is 0.336 e. The van der Waals surface area contributed by atoms with Gasteiger partial charge < -0.3 is 14.7 Å². The number of imidazole rings is 1. The second-order valence-electron chi connectivity index (χ2n) is 7.17. The van der Waals surface area contributed by atoms with Crippen LogP contribution in [0.25, 0.3) is 22.3 Å². The summed E-state index contributed by atoms with van der Waals surface area (Å²) in [7, 11) is 0. The lowest BCUT2D eigenvalue weighted by Crippen LogP contribution is -2.08. The molecule has 0 spiro atoms. The zero-order valence-electron chi connectivity index (χ0n) is 16.6. The number of aryl methyl sites for hydroxylation is 1. The standard InChI is InChI=1S/C23H22N4O3/c1-2-3-8-19-26-20-21(24-14-25-22(20)28)27(19)13-15-9-11-16(12-10-15)17-6-4-5-7-18(17)23(29)30/h4-7,9-12,14H,2-3,8,13H2,1H3,(H,29,30)(H,24,25,28). The minimum absolute atomic E-state index is 0.239. The number of carboxylic acid groups (broad SMARTS) is 1. The Morgan fingerprint density at radius 2 is 1.90 bits per heavy atom. The molecule has 0 aliphatic rings. The Balaban J connectivity index is 1.69. The summed E-state index contributed by atoms with van der Waals surface area (Å²) in [6.45, 7) is 2.65. The number of aromatic nitrogens is 4. The second kappa shape index (κ2) is 8.32. The van der Waals surface area contributed by atoms with Crippen LogP contribution < -0.4 is 5.56 Å². The third-order valence-electron chi connectivity index (χ3n) is 5.13. The van der Waals surface area contributed by atoms with Gasteiger partial charge in [0.1, 0.15) is 5.82 Å². The van der Waals surface area contributed by atoms with E-state index in [4.69, 9.17) is 0 Å². The van der Waals surface area contributed by atoms with Crippen molar-refractivity contribution in [2.24, 2.45) is 0 Å². The van der Waals surface area contributed by atoms with Crippen LogP contribution in [0.15, 0.2) is 59.7 Å². The van der Waals surface area contributed by atoms with Crippen LogP contribution in [0.3, 0.4) is 0 Å². The summed E-state index contributed by atoms with van der Waals surface area (Å²) < 4.78 is 1.99. The highest BCUT2D eigenvalue weighted by Gasteiger charge is 2.15. The Labute approximate surface area is 173 Å². The lowest BCUT2D eigenvalue weighted by molar-refractivity contribution is 0.0697. The quantitative estimate of drug-likeness (QED) is 0.489. The first-order valence-electron chi connectivity index (χ1n) is 9.93. The monoisotopic (exact) mass is 402 g/mol. The Morgan fingerprint density at radius 1 is 1.13 bits per heavy atom. The fourth-order valence-electron chi connectivity index (χ4n) is 3.58. The zero-order chi connectivity index (χ0) is 21.1. The summed E-state index contributed by atoms with van der Waals surface area (Å²) in [5.41, 5.74) is 3.51. The molecule has 7 nitrogen and oxygen atoms in total. The molecule has 0 saturated carbocycles. The van der Waals surface area contributed by atoms with Crippen LogP contribution in [-0.2, 0) is 13.0 Å². The van der Waals surface area contributed by atoms with Crippen molar-refractivity contribution < 1.29 is 9.90 Å². The first-order valence-corrected chi connectivity index (χ1v) is 9.93. The van der Waals surface area contributed by atoms with E-state index in [2.05, 4.69) is 21.9 Å². The topological polar surface area (TPSA) is 101 Å². The van der Waals surface area contributed by atoms with E-state index in [1.165, 1.54) is 6.33 Å². The number of H-pyrrole nitrogens is 1. The van der Waals surface area contributed by atoms with Crippen LogP contribution in [0.4, 0.5) is 0 Å². The van der Waals surface area contributed by atoms with Crippen molar-refractivity contribution in [1.29, 1.82) is 0 Å². The van der Waals surface area contributed by atoms with E-state index in [9.17, 15) is 14.7 Å². The number of fused-ring (bicyclic) bond motifs is 1. The normalized spacial score (nSPS) is 11.1. The molecule has 0 radical (unpaired) electrons. The van der Waals surface area contributed by atoms with Gasteiger partial charge in [0, 0.05) is 6.42 Å². The lowest BCUT2D eigenvalue weighted by atomic mass is 9.99. The number of nitrogens with one attached hydrogen (secondary N) is 1. The summed E-state index contributed by atoms with van der Waals surface area (Å²) in [4.78, 5) is 35.1. The van der Waals surface area contributed by atoms with Crippen LogP contribution in [-0.4, -0.2) is 30.6 Å². The van der Waals surface area contributed by atoms with Crippen molar-refractivity contribution in [3.8, 4) is 11.1 Å². The van der Waals surface area contributed by atoms with Gasteiger partial charge in [-0.15, -0.1) is 0 Å². The molecule has 0 bridgehead atoms. The molecular formula is C23H22N4O3. The predicted octanol–water partition coefficient (Wildman–Crippen LogP) is 3.88. The van der Waals surface area contributed by atoms with E-state index in [0.29, 0.717) is 23.3 Å². The fourth-order valence-corrected chi connectivity index (χ4v) is 3.58. The highest BCUT2D eigenvalue weighted by atomic mass is 16.4. The van der Waals surface area contributed by atoms with E-state index in [1.807, 2.05) is 34.9 Å². The first kappa shape index (κ1) is 19.6. The molecule has 30 heavy (non-hydrogen) atoms. The summed E-state index contributed by atoms with van der Waals surface area (Å²) >= 11 is 0. The molecule has 0 amide bonds. The molecule has 4 rings (SSSR count). The maximum atomic E-state index is 12.1. The summed E-state index contributed by atoms with van der Waals surface area (Å²) in [6, 6.07) is 14.7. The van der Waals surface area contributed by atoms with E-state index < -0.39 is 5.97 Å². The van der Waals surface area contributed by atoms with Gasteiger partial charge in [-0.25, -0.2) is 14.8 Å². The highest BCUT2D eigenvalue weighted by Crippen LogP contribution is 2.25. The Kier molecular flexibility index (Phi) is 5.43. The van der Waals surface area contributed by atoms with E-state index in [-0.39, 0.29) is 11.1 Å². The van der Waals surface area contributed by atoms with Gasteiger partial charge >= 0.3 is 5.97 Å². The number of benzene rings is 2. The molecule has 2 N–H and O–H groups in total. The number of rotatable bonds is 7. The number of carboxylic acids is 1. The number of hydrogen-bond acceptors (Lipinski definition) is 4. The number of nitrogens with zero attached hydrogens (tertiary/aromatic N) is 3. The molecule has 0 aliphatic carbocycles. The molecular weight excluding hydrogens is 380 g/mol. The molecule has 0 fully saturated rings. The van der Waals surface area contributed by atoms with Crippen molar-refractivity contribution >= 4 is 17.1 Å². The maximum absolute atomic E-state index is 12.1. The maximum Gasteiger partial charge on any atom is 0.336 e. The molecule has 0 saturated heterocycles. The number of aromatic amines is 1. The number of hydrogen-bond donors (Lipinski definition) is 2. The Morgan fingerprint density at radius 3 is 2.63 bits per heavy atom. The van der Waals surface area contributed by atoms with Crippen LogP contribution in [0.1, 0.15) is 41.5 Å². The van der Waals surface area contributed by atoms with Gasteiger partial charge in [-0.3, -0.25) is 4.79 Å². The van der Waals surface area contributed by atoms with Crippen LogP contribution >= 0.6 is 0 Å². The van der Waals surface area contributed by atoms with Gasteiger partial charge in [-0.2, -0.15) is 0 Å². The van der Waals surface area contributed by atoms with Gasteiger partial charge in [-0.1, -0.05) is 55.8 Å². The lowest BCUT2D eigenvalue weighted by Gasteiger charge is -2.10. The van der Waals surface area contributed by atoms with Crippen molar-refractivity contribution in [1.82, 2.24) is 19.5 Å². The Bertz CT molecular complexity index is 1260. The number of aromatic carboxylic acids is 1. The van der Waals surface area contributed by atoms with Crippen molar-refractivity contribution in [2.45, 2.75) is 32.7 Å². The van der Waals surface area contributed by atoms with Crippen LogP contribution in [0.2, 0.25) is 0 Å². The third-order valence-corrected chi connectivity index (χ3v) is 5.13. The molecule has 2 heterocycles. The molecule has 152 valence electrons. The van der Waals surface area contributed by atoms with Crippen LogP contribution in [0, 0.1) is 0 Å². The summed E-state index contributed by atoms with van der Waals surface area (Å²) in [5.74, 6) is -0.104. The second-order valence-corrected chi connectivity index (χ2v) is 7.17. The molecule has 0 aliphatic heterocycles. The average Bonchev–Trinajstić information content (AvgIpc) is 3.11. The molecule has 2 aromatic carbocycles. The minimum Gasteiger partial charge on any atom is -0.478 e. The Hall–Kier alpha value is -3.74. The molecule has 0 atom stereocenters. The van der Waals surface area contributed by atoms with E-state index >= 15 is 0 Å². The van der Waals surface area contributed by atoms with Crippen molar-refractivity contribution in [3.63, 3.8) is 0 Å². The molecule has 2 aromatic heterocycles. The van der Waals surface area contributed by atoms with E-state index in [0.717, 1.165) is 36.2 Å². The summed E-state index contributed by atoms with van der Waals surface area (Å²) in [6.07, 6.45) is 4.19. The zero-order valence-corrected chi connectivity index (χ0v) is 16.6. The van der Waals surface area contributed by atoms with Gasteiger partial charge in [0.2, 0.25) is 0 Å². The minimum atomic E-state index is -0.948. The molecule has 0 unspecified atom stereocenters. The largest absolute Gasteiger partial charge is 0.478 e. The summed E-state index contributed by atoms with van der Waals surface area (Å²) in [5, 5.41) is 9.43. The van der Waals surface area contributed by atoms with E-state index in [1.54, 1.807) is 18.2 Å². The van der Waals surface area contributed by atoms with Crippen molar-refractivity contribution in [3.05, 3.63) is 82.2 Å². The van der Waals surface area contributed by atoms with Crippen molar-refractivity contribution in [2.75, 3.05) is 0 Å². The number of unbranched alkanes of at least 4 members (excludes halogenated alkanes) is 1. The van der Waals surface area contributed by atoms with Gasteiger partial charge in [0.25, 0.3) is 5.56 Å². The predicted molar refractivity (Wildman–Crippen MR) is 115 cm³/mol. The van der Waals surface area contributed by atoms with Gasteiger partial charge in [0.05, 0.1) is 18.4 Å². The average molecular weight is 402 g/mol. The van der Waals surface area contributed by atoms with Gasteiger partial charge in [0.15, 0.2) is 11.2 Å². The molecule has 4 aromatic rings. The first-order chi connectivity index (χ1) is 14.6. The third kappa shape index (κ3) is 3.74. The number of carbonyl (C=O) groups is 1. The SMILES string of the molecule is CCCCc1nc2c(=O)[nH]cnc2n1Cc1ccc(-c2ccccc2C(=O)O)cc1. The molecule has 7 heteroatoms. The highest BCUT2D eigenvalue weighted by molar-refractivity contribution is 5.96.